The van der Waals surface area contributed by atoms with Gasteiger partial charge in [-0.1, -0.05) is 59.3 Å². The number of hydrogen-bond donors (Lipinski definition) is 0. The summed E-state index contributed by atoms with van der Waals surface area (Å²) in [5.74, 6) is 0. The summed E-state index contributed by atoms with van der Waals surface area (Å²) in [5, 5.41) is 8.74. The Kier molecular flexibility index (Phi) is 4.30. The Morgan fingerprint density at radius 3 is 2.55 bits per heavy atom. The first-order valence-corrected chi connectivity index (χ1v) is 7.30. The molecule has 0 aliphatic rings. The molecule has 1 aromatic heterocycles. The average Bonchev–Trinajstić information content (AvgIpc) is 2.90. The van der Waals surface area contributed by atoms with Crippen molar-refractivity contribution < 1.29 is 4.79 Å². The molecule has 3 rings (SSSR count). The molecule has 0 saturated heterocycles. The lowest BCUT2D eigenvalue weighted by Gasteiger charge is -2.07. The highest BCUT2D eigenvalue weighted by Crippen LogP contribution is 2.15. The topological polar surface area (TPSA) is 47.8 Å². The van der Waals surface area contributed by atoms with E-state index in [2.05, 4.69) is 10.3 Å². The number of halogens is 1. The molecule has 0 N–H and O–H groups in total. The van der Waals surface area contributed by atoms with Crippen LogP contribution >= 0.6 is 11.6 Å². The van der Waals surface area contributed by atoms with Gasteiger partial charge in [-0.25, -0.2) is 4.68 Å². The lowest BCUT2D eigenvalue weighted by atomic mass is 10.1. The summed E-state index contributed by atoms with van der Waals surface area (Å²) in [5.41, 5.74) is 3.32. The van der Waals surface area contributed by atoms with Gasteiger partial charge < -0.3 is 0 Å². The van der Waals surface area contributed by atoms with Gasteiger partial charge in [0.1, 0.15) is 5.69 Å². The summed E-state index contributed by atoms with van der Waals surface area (Å²) < 4.78 is 1.75. The van der Waals surface area contributed by atoms with Crippen molar-refractivity contribution in [3.05, 3.63) is 82.1 Å². The summed E-state index contributed by atoms with van der Waals surface area (Å²) in [4.78, 5) is 11.2. The maximum absolute atomic E-state index is 11.2. The normalized spacial score (nSPS) is 10.6. The van der Waals surface area contributed by atoms with Crippen LogP contribution in [0.15, 0.2) is 54.6 Å². The smallest absolute Gasteiger partial charge is 0.172 e. The molecule has 4 nitrogen and oxygen atoms in total. The fraction of sp³-hybridized carbons (Fsp3) is 0.118. The standard InChI is InChI=1S/C17H14ClN3O/c18-15-8-4-7-14(9-15)11-21-17(16(12-22)19-20-21)10-13-5-2-1-3-6-13/h1-9,12H,10-11H2. The van der Waals surface area contributed by atoms with E-state index in [-0.39, 0.29) is 0 Å². The van der Waals surface area contributed by atoms with E-state index < -0.39 is 0 Å². The molecular formula is C17H14ClN3O. The molecule has 0 radical (unpaired) electrons. The molecule has 0 aliphatic carbocycles. The highest BCUT2D eigenvalue weighted by Gasteiger charge is 2.13. The van der Waals surface area contributed by atoms with Crippen LogP contribution in [0.2, 0.25) is 5.02 Å². The van der Waals surface area contributed by atoms with Gasteiger partial charge in [-0.05, 0) is 23.3 Å². The second-order valence-corrected chi connectivity index (χ2v) is 5.43. The van der Waals surface area contributed by atoms with Crippen LogP contribution < -0.4 is 0 Å². The first-order chi connectivity index (χ1) is 10.8. The minimum absolute atomic E-state index is 0.380. The fourth-order valence-corrected chi connectivity index (χ4v) is 2.56. The molecule has 0 spiro atoms. The van der Waals surface area contributed by atoms with Crippen molar-refractivity contribution in [2.45, 2.75) is 13.0 Å². The summed E-state index contributed by atoms with van der Waals surface area (Å²) >= 11 is 6.01. The molecule has 2 aromatic carbocycles. The van der Waals surface area contributed by atoms with Crippen LogP contribution in [0.1, 0.15) is 27.3 Å². The zero-order chi connectivity index (χ0) is 15.4. The van der Waals surface area contributed by atoms with Crippen LogP contribution in [0.3, 0.4) is 0 Å². The molecule has 0 aliphatic heterocycles. The first kappa shape index (κ1) is 14.5. The molecule has 5 heteroatoms. The predicted octanol–water partition coefficient (Wildman–Crippen LogP) is 3.38. The van der Waals surface area contributed by atoms with Gasteiger partial charge in [0.2, 0.25) is 0 Å². The molecule has 0 amide bonds. The van der Waals surface area contributed by atoms with Crippen LogP contribution in [0.5, 0.6) is 0 Å². The number of hydrogen-bond acceptors (Lipinski definition) is 3. The lowest BCUT2D eigenvalue weighted by Crippen LogP contribution is -2.08. The first-order valence-electron chi connectivity index (χ1n) is 6.92. The predicted molar refractivity (Wildman–Crippen MR) is 85.2 cm³/mol. The van der Waals surface area contributed by atoms with E-state index in [0.717, 1.165) is 23.1 Å². The zero-order valence-corrected chi connectivity index (χ0v) is 12.6. The Morgan fingerprint density at radius 2 is 1.82 bits per heavy atom. The molecule has 0 unspecified atom stereocenters. The molecule has 0 saturated carbocycles. The van der Waals surface area contributed by atoms with E-state index in [1.165, 1.54) is 0 Å². The minimum Gasteiger partial charge on any atom is -0.296 e. The lowest BCUT2D eigenvalue weighted by molar-refractivity contribution is 0.111. The fourth-order valence-electron chi connectivity index (χ4n) is 2.34. The molecule has 110 valence electrons. The number of carbonyl (C=O) groups is 1. The highest BCUT2D eigenvalue weighted by molar-refractivity contribution is 6.30. The second-order valence-electron chi connectivity index (χ2n) is 4.99. The molecule has 1 heterocycles. The van der Waals surface area contributed by atoms with E-state index >= 15 is 0 Å². The molecule has 22 heavy (non-hydrogen) atoms. The third-order valence-corrected chi connectivity index (χ3v) is 3.65. The minimum atomic E-state index is 0.380. The van der Waals surface area contributed by atoms with Crippen molar-refractivity contribution in [1.82, 2.24) is 15.0 Å². The molecule has 0 fully saturated rings. The summed E-state index contributed by atoms with van der Waals surface area (Å²) in [6.45, 7) is 0.531. The van der Waals surface area contributed by atoms with E-state index in [4.69, 9.17) is 11.6 Å². The monoisotopic (exact) mass is 311 g/mol. The van der Waals surface area contributed by atoms with E-state index in [1.54, 1.807) is 4.68 Å². The number of aromatic nitrogens is 3. The summed E-state index contributed by atoms with van der Waals surface area (Å²) in [6.07, 6.45) is 1.36. The van der Waals surface area contributed by atoms with Gasteiger partial charge in [0, 0.05) is 11.4 Å². The maximum atomic E-state index is 11.2. The van der Waals surface area contributed by atoms with Crippen molar-refractivity contribution in [2.75, 3.05) is 0 Å². The third-order valence-electron chi connectivity index (χ3n) is 3.42. The van der Waals surface area contributed by atoms with Crippen LogP contribution in [0.4, 0.5) is 0 Å². The van der Waals surface area contributed by atoms with Crippen LogP contribution in [-0.4, -0.2) is 21.3 Å². The van der Waals surface area contributed by atoms with E-state index in [9.17, 15) is 4.79 Å². The number of carbonyl (C=O) groups excluding carboxylic acids is 1. The van der Waals surface area contributed by atoms with Crippen LogP contribution in [0.25, 0.3) is 0 Å². The van der Waals surface area contributed by atoms with Gasteiger partial charge in [0.25, 0.3) is 0 Å². The third kappa shape index (κ3) is 3.23. The Balaban J connectivity index is 1.91. The zero-order valence-electron chi connectivity index (χ0n) is 11.8. The van der Waals surface area contributed by atoms with Crippen molar-refractivity contribution in [1.29, 1.82) is 0 Å². The highest BCUT2D eigenvalue weighted by atomic mass is 35.5. The van der Waals surface area contributed by atoms with Crippen molar-refractivity contribution in [2.24, 2.45) is 0 Å². The molecule has 3 aromatic rings. The van der Waals surface area contributed by atoms with Gasteiger partial charge in [-0.2, -0.15) is 0 Å². The van der Waals surface area contributed by atoms with Gasteiger partial charge >= 0.3 is 0 Å². The average molecular weight is 312 g/mol. The van der Waals surface area contributed by atoms with Crippen LogP contribution in [-0.2, 0) is 13.0 Å². The Morgan fingerprint density at radius 1 is 1.05 bits per heavy atom. The second kappa shape index (κ2) is 6.54. The maximum Gasteiger partial charge on any atom is 0.172 e. The van der Waals surface area contributed by atoms with Gasteiger partial charge in [-0.15, -0.1) is 5.10 Å². The van der Waals surface area contributed by atoms with Crippen molar-refractivity contribution in [3.63, 3.8) is 0 Å². The van der Waals surface area contributed by atoms with Gasteiger partial charge in [-0.3, -0.25) is 4.79 Å². The molecular weight excluding hydrogens is 298 g/mol. The number of rotatable bonds is 5. The Labute approximate surface area is 133 Å². The molecule has 0 bridgehead atoms. The van der Waals surface area contributed by atoms with Gasteiger partial charge in [0.05, 0.1) is 12.2 Å². The van der Waals surface area contributed by atoms with Crippen molar-refractivity contribution in [3.8, 4) is 0 Å². The summed E-state index contributed by atoms with van der Waals surface area (Å²) in [6, 6.07) is 17.5. The van der Waals surface area contributed by atoms with Gasteiger partial charge in [0.15, 0.2) is 6.29 Å². The number of nitrogens with zero attached hydrogens (tertiary/aromatic N) is 3. The van der Waals surface area contributed by atoms with Crippen LogP contribution in [0, 0.1) is 0 Å². The van der Waals surface area contributed by atoms with Crippen molar-refractivity contribution >= 4 is 17.9 Å². The van der Waals surface area contributed by atoms with E-state index in [0.29, 0.717) is 23.7 Å². The number of benzene rings is 2. The summed E-state index contributed by atoms with van der Waals surface area (Å²) in [7, 11) is 0. The Hall–Kier alpha value is -2.46. The quantitative estimate of drug-likeness (QED) is 0.679. The SMILES string of the molecule is O=Cc1nnn(Cc2cccc(Cl)c2)c1Cc1ccccc1. The molecule has 0 atom stereocenters. The Bertz CT molecular complexity index is 784. The largest absolute Gasteiger partial charge is 0.296 e. The van der Waals surface area contributed by atoms with E-state index in [1.807, 2.05) is 54.6 Å². The number of aldehydes is 1.